The van der Waals surface area contributed by atoms with Crippen LogP contribution < -0.4 is 10.8 Å². The molecule has 0 bridgehead atoms. The molecule has 0 spiro atoms. The van der Waals surface area contributed by atoms with Gasteiger partial charge in [0.2, 0.25) is 0 Å². The normalized spacial score (nSPS) is 11.7. The van der Waals surface area contributed by atoms with Gasteiger partial charge in [0.05, 0.1) is 0 Å². The first-order valence-electron chi connectivity index (χ1n) is 8.48. The molecule has 1 atom stereocenters. The predicted molar refractivity (Wildman–Crippen MR) is 102 cm³/mol. The molecule has 3 N–H and O–H groups in total. The van der Waals surface area contributed by atoms with E-state index in [-0.39, 0.29) is 5.56 Å². The molecule has 0 aliphatic heterocycles. The first-order valence-corrected chi connectivity index (χ1v) is 8.48. The van der Waals surface area contributed by atoms with E-state index in [1.807, 2.05) is 30.3 Å². The van der Waals surface area contributed by atoms with Gasteiger partial charge >= 0.3 is 0 Å². The summed E-state index contributed by atoms with van der Waals surface area (Å²) >= 11 is 0. The van der Waals surface area contributed by atoms with Gasteiger partial charge in [0.1, 0.15) is 11.3 Å². The number of rotatable bonds is 5. The van der Waals surface area contributed by atoms with Crippen LogP contribution in [0.1, 0.15) is 10.4 Å². The number of carbonyl (C=O) groups is 3. The number of likely N-dealkylation sites (N-methyl/N-ethyl adjacent to an activating group) is 2. The quantitative estimate of drug-likeness (QED) is 0.354. The lowest BCUT2D eigenvalue weighted by Crippen LogP contribution is -2.54. The Morgan fingerprint density at radius 3 is 2.32 bits per heavy atom. The van der Waals surface area contributed by atoms with Crippen molar-refractivity contribution in [2.24, 2.45) is 0 Å². The van der Waals surface area contributed by atoms with E-state index in [0.717, 1.165) is 21.4 Å². The molecule has 8 heteroatoms. The topological polar surface area (TPSA) is 112 Å². The molecular weight excluding hydrogens is 362 g/mol. The third-order valence-electron chi connectivity index (χ3n) is 4.40. The molecule has 3 amide bonds. The van der Waals surface area contributed by atoms with Crippen molar-refractivity contribution in [2.45, 2.75) is 6.04 Å². The molecule has 0 saturated carbocycles. The van der Waals surface area contributed by atoms with Crippen LogP contribution in [0.25, 0.3) is 22.3 Å². The second kappa shape index (κ2) is 7.93. The van der Waals surface area contributed by atoms with Crippen molar-refractivity contribution < 1.29 is 24.0 Å². The Morgan fingerprint density at radius 2 is 1.71 bits per heavy atom. The van der Waals surface area contributed by atoms with Crippen LogP contribution in [-0.4, -0.2) is 48.0 Å². The zero-order valence-corrected chi connectivity index (χ0v) is 15.3. The number of fused-ring (bicyclic) bond motifs is 1. The van der Waals surface area contributed by atoms with Crippen LogP contribution in [0.5, 0.6) is 0 Å². The maximum Gasteiger partial charge on any atom is 0.275 e. The molecule has 1 aromatic heterocycles. The third-order valence-corrected chi connectivity index (χ3v) is 4.40. The molecule has 0 saturated heterocycles. The Bertz CT molecular complexity index is 977. The lowest BCUT2D eigenvalue weighted by Gasteiger charge is -2.25. The molecule has 8 nitrogen and oxygen atoms in total. The first kappa shape index (κ1) is 19.1. The highest BCUT2D eigenvalue weighted by Crippen LogP contribution is 2.28. The molecule has 2 aromatic carbocycles. The van der Waals surface area contributed by atoms with E-state index in [0.29, 0.717) is 5.76 Å². The monoisotopic (exact) mass is 381 g/mol. The van der Waals surface area contributed by atoms with Crippen molar-refractivity contribution >= 4 is 28.7 Å². The van der Waals surface area contributed by atoms with Gasteiger partial charge in [-0.25, -0.2) is 5.48 Å². The number of nitrogens with one attached hydrogen (secondary N) is 2. The van der Waals surface area contributed by atoms with E-state index in [1.54, 1.807) is 24.3 Å². The SMILES string of the molecule is CNC(=O)C(C(=O)NO)N(C)C(=O)c1ccc(-c2cc3ccccc3o2)cc1. The molecule has 3 rings (SSSR count). The fraction of sp³-hybridized carbons (Fsp3) is 0.150. The van der Waals surface area contributed by atoms with E-state index in [9.17, 15) is 14.4 Å². The van der Waals surface area contributed by atoms with Crippen molar-refractivity contribution in [3.63, 3.8) is 0 Å². The summed E-state index contributed by atoms with van der Waals surface area (Å²) in [7, 11) is 2.64. The van der Waals surface area contributed by atoms with Gasteiger partial charge in [-0.15, -0.1) is 0 Å². The number of hydroxylamine groups is 1. The average Bonchev–Trinajstić information content (AvgIpc) is 3.17. The van der Waals surface area contributed by atoms with Crippen molar-refractivity contribution in [1.29, 1.82) is 0 Å². The average molecular weight is 381 g/mol. The third kappa shape index (κ3) is 3.58. The van der Waals surface area contributed by atoms with Crippen molar-refractivity contribution in [1.82, 2.24) is 15.7 Å². The summed E-state index contributed by atoms with van der Waals surface area (Å²) in [5, 5.41) is 12.1. The molecule has 144 valence electrons. The fourth-order valence-corrected chi connectivity index (χ4v) is 2.89. The van der Waals surface area contributed by atoms with Crippen LogP contribution in [0.3, 0.4) is 0 Å². The predicted octanol–water partition coefficient (Wildman–Crippen LogP) is 1.79. The Balaban J connectivity index is 1.84. The van der Waals surface area contributed by atoms with Crippen LogP contribution in [-0.2, 0) is 9.59 Å². The Hall–Kier alpha value is -3.65. The second-order valence-corrected chi connectivity index (χ2v) is 6.13. The van der Waals surface area contributed by atoms with E-state index >= 15 is 0 Å². The first-order chi connectivity index (χ1) is 13.5. The van der Waals surface area contributed by atoms with Crippen LogP contribution in [0.2, 0.25) is 0 Å². The zero-order chi connectivity index (χ0) is 20.3. The number of carbonyl (C=O) groups excluding carboxylic acids is 3. The molecular formula is C20H19N3O5. The highest BCUT2D eigenvalue weighted by Gasteiger charge is 2.33. The summed E-state index contributed by atoms with van der Waals surface area (Å²) in [4.78, 5) is 37.3. The molecule has 28 heavy (non-hydrogen) atoms. The minimum absolute atomic E-state index is 0.280. The highest BCUT2D eigenvalue weighted by atomic mass is 16.5. The van der Waals surface area contributed by atoms with Gasteiger partial charge < -0.3 is 14.6 Å². The summed E-state index contributed by atoms with van der Waals surface area (Å²) < 4.78 is 5.80. The summed E-state index contributed by atoms with van der Waals surface area (Å²) in [6.45, 7) is 0. The number of amides is 3. The molecule has 0 radical (unpaired) electrons. The second-order valence-electron chi connectivity index (χ2n) is 6.13. The van der Waals surface area contributed by atoms with E-state index < -0.39 is 23.8 Å². The maximum absolute atomic E-state index is 12.7. The Morgan fingerprint density at radius 1 is 1.04 bits per heavy atom. The fourth-order valence-electron chi connectivity index (χ4n) is 2.89. The van der Waals surface area contributed by atoms with E-state index in [2.05, 4.69) is 5.32 Å². The summed E-state index contributed by atoms with van der Waals surface area (Å²) in [6, 6.07) is 14.6. The summed E-state index contributed by atoms with van der Waals surface area (Å²) in [5.74, 6) is -1.61. The molecule has 0 fully saturated rings. The zero-order valence-electron chi connectivity index (χ0n) is 15.3. The molecule has 0 aliphatic carbocycles. The number of nitrogens with zero attached hydrogens (tertiary/aromatic N) is 1. The van der Waals surface area contributed by atoms with Crippen LogP contribution in [0, 0.1) is 0 Å². The van der Waals surface area contributed by atoms with Gasteiger partial charge in [0, 0.05) is 30.6 Å². The van der Waals surface area contributed by atoms with Gasteiger partial charge in [-0.05, 0) is 24.3 Å². The number of hydrogen-bond donors (Lipinski definition) is 3. The summed E-state index contributed by atoms with van der Waals surface area (Å²) in [6.07, 6.45) is 0. The van der Waals surface area contributed by atoms with Crippen molar-refractivity contribution in [3.05, 3.63) is 60.2 Å². The van der Waals surface area contributed by atoms with E-state index in [4.69, 9.17) is 9.62 Å². The van der Waals surface area contributed by atoms with Gasteiger partial charge in [-0.2, -0.15) is 0 Å². The lowest BCUT2D eigenvalue weighted by atomic mass is 10.1. The van der Waals surface area contributed by atoms with Crippen LogP contribution in [0.15, 0.2) is 59.0 Å². The standard InChI is InChI=1S/C20H19N3O5/c1-21-18(24)17(19(25)22-27)23(2)20(26)13-9-7-12(8-10-13)16-11-14-5-3-4-6-15(14)28-16/h3-11,17,27H,1-2H3,(H,21,24)(H,22,25). The van der Waals surface area contributed by atoms with E-state index in [1.165, 1.54) is 19.6 Å². The highest BCUT2D eigenvalue weighted by molar-refractivity contribution is 6.08. The van der Waals surface area contributed by atoms with Crippen LogP contribution >= 0.6 is 0 Å². The van der Waals surface area contributed by atoms with Gasteiger partial charge in [-0.1, -0.05) is 30.3 Å². The van der Waals surface area contributed by atoms with Gasteiger partial charge in [0.15, 0.2) is 6.04 Å². The molecule has 1 unspecified atom stereocenters. The maximum atomic E-state index is 12.7. The number of hydrogen-bond acceptors (Lipinski definition) is 5. The van der Waals surface area contributed by atoms with Crippen LogP contribution in [0.4, 0.5) is 0 Å². The molecule has 3 aromatic rings. The molecule has 0 aliphatic rings. The minimum atomic E-state index is -1.50. The Labute approximate surface area is 160 Å². The summed E-state index contributed by atoms with van der Waals surface area (Å²) in [5.41, 5.74) is 3.23. The number of benzene rings is 2. The Kier molecular flexibility index (Phi) is 5.42. The van der Waals surface area contributed by atoms with Gasteiger partial charge in [0.25, 0.3) is 17.7 Å². The minimum Gasteiger partial charge on any atom is -0.456 e. The number of para-hydroxylation sites is 1. The lowest BCUT2D eigenvalue weighted by molar-refractivity contribution is -0.140. The largest absolute Gasteiger partial charge is 0.456 e. The van der Waals surface area contributed by atoms with Crippen molar-refractivity contribution in [2.75, 3.05) is 14.1 Å². The smallest absolute Gasteiger partial charge is 0.275 e. The molecule has 1 heterocycles. The van der Waals surface area contributed by atoms with Crippen molar-refractivity contribution in [3.8, 4) is 11.3 Å². The van der Waals surface area contributed by atoms with Gasteiger partial charge in [-0.3, -0.25) is 19.6 Å². The number of furan rings is 1.